The predicted molar refractivity (Wildman–Crippen MR) is 99.4 cm³/mol. The van der Waals surface area contributed by atoms with Crippen molar-refractivity contribution in [2.75, 3.05) is 18.4 Å². The summed E-state index contributed by atoms with van der Waals surface area (Å²) in [6.07, 6.45) is 1.06. The van der Waals surface area contributed by atoms with Crippen LogP contribution in [0, 0.1) is 10.1 Å². The molecule has 0 fully saturated rings. The van der Waals surface area contributed by atoms with Crippen LogP contribution in [0.4, 0.5) is 11.4 Å². The lowest BCUT2D eigenvalue weighted by Crippen LogP contribution is -2.25. The van der Waals surface area contributed by atoms with Gasteiger partial charge in [0.1, 0.15) is 5.69 Å². The van der Waals surface area contributed by atoms with Crippen LogP contribution >= 0.6 is 0 Å². The molecule has 0 aromatic heterocycles. The molecule has 2 N–H and O–H groups in total. The number of carbonyl (C=O) groups excluding carboxylic acids is 2. The van der Waals surface area contributed by atoms with E-state index < -0.39 is 4.92 Å². The summed E-state index contributed by atoms with van der Waals surface area (Å²) >= 11 is 0. The van der Waals surface area contributed by atoms with E-state index in [0.29, 0.717) is 12.1 Å². The lowest BCUT2D eigenvalue weighted by molar-refractivity contribution is -0.384. The van der Waals surface area contributed by atoms with Crippen molar-refractivity contribution in [1.29, 1.82) is 0 Å². The molecule has 26 heavy (non-hydrogen) atoms. The average Bonchev–Trinajstić information content (AvgIpc) is 2.66. The van der Waals surface area contributed by atoms with Crippen molar-refractivity contribution in [2.45, 2.75) is 19.8 Å². The van der Waals surface area contributed by atoms with E-state index in [2.05, 4.69) is 10.6 Å². The molecule has 0 saturated carbocycles. The highest BCUT2D eigenvalue weighted by Crippen LogP contribution is 2.26. The highest BCUT2D eigenvalue weighted by molar-refractivity contribution is 6.09. The monoisotopic (exact) mass is 355 g/mol. The number of hydrogen-bond acceptors (Lipinski definition) is 5. The van der Waals surface area contributed by atoms with Gasteiger partial charge in [-0.05, 0) is 18.6 Å². The Morgan fingerprint density at radius 2 is 1.77 bits per heavy atom. The van der Waals surface area contributed by atoms with Crippen molar-refractivity contribution >= 4 is 23.1 Å². The smallest absolute Gasteiger partial charge is 0.293 e. The molecule has 0 spiro atoms. The highest BCUT2D eigenvalue weighted by atomic mass is 16.6. The van der Waals surface area contributed by atoms with Crippen LogP contribution in [-0.4, -0.2) is 29.7 Å². The Morgan fingerprint density at radius 3 is 2.42 bits per heavy atom. The first-order valence-corrected chi connectivity index (χ1v) is 8.41. The number of anilines is 1. The van der Waals surface area contributed by atoms with Gasteiger partial charge in [-0.1, -0.05) is 37.3 Å². The fourth-order valence-corrected chi connectivity index (χ4v) is 2.39. The molecule has 0 heterocycles. The molecule has 0 bridgehead atoms. The third kappa shape index (κ3) is 5.14. The van der Waals surface area contributed by atoms with Gasteiger partial charge in [0.05, 0.1) is 4.92 Å². The van der Waals surface area contributed by atoms with Gasteiger partial charge < -0.3 is 10.6 Å². The van der Waals surface area contributed by atoms with E-state index >= 15 is 0 Å². The standard InChI is InChI=1S/C19H21N3O4/c1-2-11-21-18(23)10-12-20-16-9-8-15(13-17(16)22(25)26)19(24)14-6-4-3-5-7-14/h3-9,13,20H,2,10-12H2,1H3,(H,21,23). The van der Waals surface area contributed by atoms with Crippen LogP contribution in [0.2, 0.25) is 0 Å². The lowest BCUT2D eigenvalue weighted by atomic mass is 10.0. The first-order valence-electron chi connectivity index (χ1n) is 8.41. The van der Waals surface area contributed by atoms with Crippen LogP contribution in [0.15, 0.2) is 48.5 Å². The fourth-order valence-electron chi connectivity index (χ4n) is 2.39. The highest BCUT2D eigenvalue weighted by Gasteiger charge is 2.18. The first kappa shape index (κ1) is 19.1. The molecule has 2 aromatic rings. The van der Waals surface area contributed by atoms with Crippen molar-refractivity contribution in [3.05, 3.63) is 69.8 Å². The second-order valence-electron chi connectivity index (χ2n) is 5.71. The Balaban J connectivity index is 2.10. The second-order valence-corrected chi connectivity index (χ2v) is 5.71. The molecule has 2 aromatic carbocycles. The van der Waals surface area contributed by atoms with Gasteiger partial charge in [-0.15, -0.1) is 0 Å². The molecule has 0 unspecified atom stereocenters. The minimum absolute atomic E-state index is 0.113. The number of nitrogens with zero attached hydrogens (tertiary/aromatic N) is 1. The largest absolute Gasteiger partial charge is 0.379 e. The van der Waals surface area contributed by atoms with E-state index in [-0.39, 0.29) is 41.6 Å². The molecule has 1 amide bonds. The third-order valence-electron chi connectivity index (χ3n) is 3.73. The minimum Gasteiger partial charge on any atom is -0.379 e. The molecule has 0 aliphatic carbocycles. The van der Waals surface area contributed by atoms with Crippen molar-refractivity contribution < 1.29 is 14.5 Å². The zero-order valence-electron chi connectivity index (χ0n) is 14.5. The van der Waals surface area contributed by atoms with Gasteiger partial charge in [-0.2, -0.15) is 0 Å². The summed E-state index contributed by atoms with van der Waals surface area (Å²) in [4.78, 5) is 34.8. The minimum atomic E-state index is -0.540. The number of rotatable bonds is 9. The molecule has 0 saturated heterocycles. The topological polar surface area (TPSA) is 101 Å². The van der Waals surface area contributed by atoms with Crippen molar-refractivity contribution in [3.8, 4) is 0 Å². The van der Waals surface area contributed by atoms with Gasteiger partial charge in [0.25, 0.3) is 5.69 Å². The SMILES string of the molecule is CCCNC(=O)CCNc1ccc(C(=O)c2ccccc2)cc1[N+](=O)[O-]. The van der Waals surface area contributed by atoms with Crippen LogP contribution in [0.3, 0.4) is 0 Å². The van der Waals surface area contributed by atoms with Gasteiger partial charge >= 0.3 is 0 Å². The zero-order chi connectivity index (χ0) is 18.9. The molecule has 7 heteroatoms. The number of nitrogens with one attached hydrogen (secondary N) is 2. The number of amides is 1. The first-order chi connectivity index (χ1) is 12.5. The number of hydrogen-bond donors (Lipinski definition) is 2. The molecule has 7 nitrogen and oxygen atoms in total. The molecule has 0 aliphatic rings. The average molecular weight is 355 g/mol. The fraction of sp³-hybridized carbons (Fsp3) is 0.263. The number of carbonyl (C=O) groups is 2. The molecule has 0 radical (unpaired) electrons. The van der Waals surface area contributed by atoms with E-state index in [0.717, 1.165) is 6.42 Å². The summed E-state index contributed by atoms with van der Waals surface area (Å²) in [6, 6.07) is 12.9. The van der Waals surface area contributed by atoms with Crippen molar-refractivity contribution in [1.82, 2.24) is 5.32 Å². The maximum atomic E-state index is 12.4. The number of nitro groups is 1. The molecule has 136 valence electrons. The molecule has 0 atom stereocenters. The van der Waals surface area contributed by atoms with Crippen LogP contribution in [0.1, 0.15) is 35.7 Å². The number of nitro benzene ring substituents is 1. The lowest BCUT2D eigenvalue weighted by Gasteiger charge is -2.09. The van der Waals surface area contributed by atoms with Gasteiger partial charge in [-0.25, -0.2) is 0 Å². The summed E-state index contributed by atoms with van der Waals surface area (Å²) in [7, 11) is 0. The molecule has 0 aliphatic heterocycles. The summed E-state index contributed by atoms with van der Waals surface area (Å²) < 4.78 is 0. The Kier molecular flexibility index (Phi) is 6.84. The maximum Gasteiger partial charge on any atom is 0.293 e. The Labute approximate surface area is 151 Å². The van der Waals surface area contributed by atoms with Crippen LogP contribution in [0.25, 0.3) is 0 Å². The summed E-state index contributed by atoms with van der Waals surface area (Å²) in [5, 5.41) is 17.0. The zero-order valence-corrected chi connectivity index (χ0v) is 14.5. The quantitative estimate of drug-likeness (QED) is 0.409. The maximum absolute atomic E-state index is 12.4. The second kappa shape index (κ2) is 9.31. The van der Waals surface area contributed by atoms with E-state index in [4.69, 9.17) is 0 Å². The predicted octanol–water partition coefficient (Wildman–Crippen LogP) is 3.15. The van der Waals surface area contributed by atoms with Crippen LogP contribution in [-0.2, 0) is 4.79 Å². The summed E-state index contributed by atoms with van der Waals surface area (Å²) in [5.41, 5.74) is 0.799. The Hall–Kier alpha value is -3.22. The van der Waals surface area contributed by atoms with E-state index in [1.165, 1.54) is 12.1 Å². The van der Waals surface area contributed by atoms with E-state index in [1.807, 2.05) is 6.92 Å². The van der Waals surface area contributed by atoms with Crippen LogP contribution < -0.4 is 10.6 Å². The number of ketones is 1. The third-order valence-corrected chi connectivity index (χ3v) is 3.73. The van der Waals surface area contributed by atoms with Crippen LogP contribution in [0.5, 0.6) is 0 Å². The van der Waals surface area contributed by atoms with E-state index in [9.17, 15) is 19.7 Å². The molecular formula is C19H21N3O4. The Morgan fingerprint density at radius 1 is 1.04 bits per heavy atom. The molecular weight excluding hydrogens is 334 g/mol. The van der Waals surface area contributed by atoms with Crippen molar-refractivity contribution in [3.63, 3.8) is 0 Å². The summed E-state index contributed by atoms with van der Waals surface area (Å²) in [6.45, 7) is 2.83. The van der Waals surface area contributed by atoms with Crippen molar-refractivity contribution in [2.24, 2.45) is 0 Å². The van der Waals surface area contributed by atoms with Gasteiger partial charge in [-0.3, -0.25) is 19.7 Å². The van der Waals surface area contributed by atoms with Gasteiger partial charge in [0.2, 0.25) is 5.91 Å². The molecule has 2 rings (SSSR count). The van der Waals surface area contributed by atoms with Gasteiger partial charge in [0.15, 0.2) is 5.78 Å². The number of benzene rings is 2. The normalized spacial score (nSPS) is 10.2. The Bertz CT molecular complexity index is 791. The van der Waals surface area contributed by atoms with Gasteiger partial charge in [0, 0.05) is 36.7 Å². The summed E-state index contributed by atoms with van der Waals surface area (Å²) in [5.74, 6) is -0.392. The van der Waals surface area contributed by atoms with E-state index in [1.54, 1.807) is 36.4 Å².